The minimum absolute atomic E-state index is 0.0164. The van der Waals surface area contributed by atoms with Gasteiger partial charge in [0.2, 0.25) is 11.1 Å². The average molecular weight is 303 g/mol. The number of carbonyl (C=O) groups is 2. The van der Waals surface area contributed by atoms with Crippen molar-refractivity contribution in [1.82, 2.24) is 20.2 Å². The minimum atomic E-state index is 0.0164. The lowest BCUT2D eigenvalue weighted by atomic mass is 9.99. The quantitative estimate of drug-likeness (QED) is 0.671. The number of carbonyl (C=O) groups excluding carboxylic acids is 2. The molecule has 0 saturated carbocycles. The van der Waals surface area contributed by atoms with Crippen LogP contribution < -0.4 is 5.32 Å². The number of rotatable bonds is 4. The molecule has 1 N–H and O–H groups in total. The Balaban J connectivity index is 1.70. The summed E-state index contributed by atoms with van der Waals surface area (Å²) in [6.45, 7) is 0. The normalized spacial score (nSPS) is 13.7. The first-order valence-corrected chi connectivity index (χ1v) is 7.43. The molecule has 0 bridgehead atoms. The van der Waals surface area contributed by atoms with Crippen LogP contribution in [0, 0.1) is 0 Å². The van der Waals surface area contributed by atoms with E-state index in [-0.39, 0.29) is 17.4 Å². The molecule has 0 fully saturated rings. The number of tetrazole rings is 1. The first-order chi connectivity index (χ1) is 10.1. The standard InChI is InChI=1S/C13H13N5O2S/c1-18-13(15-16-17-18)21-7-11(19)9-2-4-10-8(6-9)3-5-12(20)14-10/h2,4,6H,3,5,7H2,1H3,(H,14,20). The number of amides is 1. The van der Waals surface area contributed by atoms with Crippen LogP contribution in [0.1, 0.15) is 22.3 Å². The predicted octanol–water partition coefficient (Wildman–Crippen LogP) is 1.07. The molecular formula is C13H13N5O2S. The number of fused-ring (bicyclic) bond motifs is 1. The summed E-state index contributed by atoms with van der Waals surface area (Å²) in [5, 5.41) is 14.5. The van der Waals surface area contributed by atoms with Crippen molar-refractivity contribution >= 4 is 29.1 Å². The zero-order chi connectivity index (χ0) is 14.8. The molecule has 108 valence electrons. The fourth-order valence-corrected chi connectivity index (χ4v) is 2.86. The summed E-state index contributed by atoms with van der Waals surface area (Å²) in [5.41, 5.74) is 2.45. The Bertz CT molecular complexity index is 712. The number of Topliss-reactive ketones (excluding diaryl/α,β-unsaturated/α-hetero) is 1. The summed E-state index contributed by atoms with van der Waals surface area (Å²) in [6, 6.07) is 5.38. The second-order valence-corrected chi connectivity index (χ2v) is 5.66. The molecule has 1 amide bonds. The Kier molecular flexibility index (Phi) is 3.70. The van der Waals surface area contributed by atoms with Gasteiger partial charge in [0.15, 0.2) is 5.78 Å². The lowest BCUT2D eigenvalue weighted by molar-refractivity contribution is -0.116. The Hall–Kier alpha value is -2.22. The van der Waals surface area contributed by atoms with Crippen LogP contribution in [0.2, 0.25) is 0 Å². The highest BCUT2D eigenvalue weighted by Crippen LogP contribution is 2.24. The van der Waals surface area contributed by atoms with Crippen molar-refractivity contribution in [1.29, 1.82) is 0 Å². The maximum Gasteiger partial charge on any atom is 0.224 e. The SMILES string of the molecule is Cn1nnnc1SCC(=O)c1ccc2c(c1)CCC(=O)N2. The van der Waals surface area contributed by atoms with E-state index >= 15 is 0 Å². The number of anilines is 1. The third-order valence-corrected chi connectivity index (χ3v) is 4.25. The molecule has 0 spiro atoms. The van der Waals surface area contributed by atoms with E-state index in [2.05, 4.69) is 20.8 Å². The molecule has 2 heterocycles. The number of benzene rings is 1. The number of nitrogens with one attached hydrogen (secondary N) is 1. The number of hydrogen-bond acceptors (Lipinski definition) is 6. The third kappa shape index (κ3) is 2.94. The van der Waals surface area contributed by atoms with Crippen LogP contribution in [-0.2, 0) is 18.3 Å². The molecule has 1 aliphatic rings. The molecule has 0 atom stereocenters. The summed E-state index contributed by atoms with van der Waals surface area (Å²) in [4.78, 5) is 23.5. The summed E-state index contributed by atoms with van der Waals surface area (Å²) in [5.74, 6) is 0.314. The Morgan fingerprint density at radius 2 is 2.29 bits per heavy atom. The lowest BCUT2D eigenvalue weighted by Crippen LogP contribution is -2.19. The van der Waals surface area contributed by atoms with Crippen molar-refractivity contribution in [3.8, 4) is 0 Å². The number of thioether (sulfide) groups is 1. The van der Waals surface area contributed by atoms with Gasteiger partial charge < -0.3 is 5.32 Å². The molecule has 21 heavy (non-hydrogen) atoms. The van der Waals surface area contributed by atoms with Crippen molar-refractivity contribution in [3.05, 3.63) is 29.3 Å². The number of nitrogens with zero attached hydrogens (tertiary/aromatic N) is 4. The van der Waals surface area contributed by atoms with E-state index in [0.29, 0.717) is 23.6 Å². The summed E-state index contributed by atoms with van der Waals surface area (Å²) < 4.78 is 1.53. The van der Waals surface area contributed by atoms with Gasteiger partial charge in [-0.1, -0.05) is 11.8 Å². The zero-order valence-corrected chi connectivity index (χ0v) is 12.2. The van der Waals surface area contributed by atoms with Crippen molar-refractivity contribution in [2.75, 3.05) is 11.1 Å². The van der Waals surface area contributed by atoms with Crippen LogP contribution in [0.15, 0.2) is 23.4 Å². The van der Waals surface area contributed by atoms with Crippen LogP contribution in [0.25, 0.3) is 0 Å². The van der Waals surface area contributed by atoms with Gasteiger partial charge in [0, 0.05) is 24.7 Å². The molecule has 1 aliphatic heterocycles. The van der Waals surface area contributed by atoms with Crippen molar-refractivity contribution in [2.45, 2.75) is 18.0 Å². The van der Waals surface area contributed by atoms with E-state index in [1.165, 1.54) is 16.4 Å². The van der Waals surface area contributed by atoms with Crippen LogP contribution in [0.3, 0.4) is 0 Å². The fourth-order valence-electron chi connectivity index (χ4n) is 2.11. The number of aromatic nitrogens is 4. The van der Waals surface area contributed by atoms with E-state index in [9.17, 15) is 9.59 Å². The van der Waals surface area contributed by atoms with Crippen molar-refractivity contribution in [3.63, 3.8) is 0 Å². The predicted molar refractivity (Wildman–Crippen MR) is 77.2 cm³/mol. The summed E-state index contributed by atoms with van der Waals surface area (Å²) >= 11 is 1.30. The first kappa shape index (κ1) is 13.7. The Morgan fingerprint density at radius 1 is 1.43 bits per heavy atom. The Labute approximate surface area is 125 Å². The second kappa shape index (κ2) is 5.65. The molecular weight excluding hydrogens is 290 g/mol. The smallest absolute Gasteiger partial charge is 0.224 e. The topological polar surface area (TPSA) is 89.8 Å². The molecule has 7 nitrogen and oxygen atoms in total. The van der Waals surface area contributed by atoms with Gasteiger partial charge >= 0.3 is 0 Å². The summed E-state index contributed by atoms with van der Waals surface area (Å²) in [7, 11) is 1.73. The molecule has 2 aromatic rings. The number of hydrogen-bond donors (Lipinski definition) is 1. The molecule has 0 saturated heterocycles. The molecule has 8 heteroatoms. The average Bonchev–Trinajstić information content (AvgIpc) is 2.89. The highest BCUT2D eigenvalue weighted by Gasteiger charge is 2.17. The zero-order valence-electron chi connectivity index (χ0n) is 11.4. The molecule has 0 radical (unpaired) electrons. The highest BCUT2D eigenvalue weighted by atomic mass is 32.2. The van der Waals surface area contributed by atoms with Crippen LogP contribution in [0.5, 0.6) is 0 Å². The second-order valence-electron chi connectivity index (χ2n) is 4.72. The van der Waals surface area contributed by atoms with Gasteiger partial charge in [-0.15, -0.1) is 5.10 Å². The van der Waals surface area contributed by atoms with Crippen LogP contribution in [-0.4, -0.2) is 37.7 Å². The van der Waals surface area contributed by atoms with E-state index in [4.69, 9.17) is 0 Å². The van der Waals surface area contributed by atoms with Gasteiger partial charge in [-0.05, 0) is 40.6 Å². The van der Waals surface area contributed by atoms with Crippen LogP contribution in [0.4, 0.5) is 5.69 Å². The Morgan fingerprint density at radius 3 is 3.05 bits per heavy atom. The van der Waals surface area contributed by atoms with E-state index in [0.717, 1.165) is 11.3 Å². The van der Waals surface area contributed by atoms with Crippen molar-refractivity contribution < 1.29 is 9.59 Å². The summed E-state index contributed by atoms with van der Waals surface area (Å²) in [6.07, 6.45) is 1.13. The maximum absolute atomic E-state index is 12.2. The van der Waals surface area contributed by atoms with E-state index in [1.807, 2.05) is 6.07 Å². The van der Waals surface area contributed by atoms with Crippen LogP contribution >= 0.6 is 11.8 Å². The molecule has 1 aromatic carbocycles. The first-order valence-electron chi connectivity index (χ1n) is 6.44. The minimum Gasteiger partial charge on any atom is -0.326 e. The van der Waals surface area contributed by atoms with Gasteiger partial charge in [-0.2, -0.15) is 0 Å². The van der Waals surface area contributed by atoms with Crippen molar-refractivity contribution in [2.24, 2.45) is 7.05 Å². The molecule has 1 aromatic heterocycles. The fraction of sp³-hybridized carbons (Fsp3) is 0.308. The molecule has 3 rings (SSSR count). The van der Waals surface area contributed by atoms with Gasteiger partial charge in [0.1, 0.15) is 0 Å². The van der Waals surface area contributed by atoms with Gasteiger partial charge in [0.25, 0.3) is 0 Å². The number of aryl methyl sites for hydroxylation is 2. The van der Waals surface area contributed by atoms with Gasteiger partial charge in [0.05, 0.1) is 5.75 Å². The van der Waals surface area contributed by atoms with E-state index < -0.39 is 0 Å². The number of ketones is 1. The van der Waals surface area contributed by atoms with E-state index in [1.54, 1.807) is 19.2 Å². The lowest BCUT2D eigenvalue weighted by Gasteiger charge is -2.17. The highest BCUT2D eigenvalue weighted by molar-refractivity contribution is 7.99. The monoisotopic (exact) mass is 303 g/mol. The maximum atomic E-state index is 12.2. The van der Waals surface area contributed by atoms with Gasteiger partial charge in [-0.25, -0.2) is 4.68 Å². The molecule has 0 aliphatic carbocycles. The van der Waals surface area contributed by atoms with Gasteiger partial charge in [-0.3, -0.25) is 9.59 Å². The third-order valence-electron chi connectivity index (χ3n) is 3.24. The largest absolute Gasteiger partial charge is 0.326 e. The molecule has 0 unspecified atom stereocenters.